The lowest BCUT2D eigenvalue weighted by Crippen LogP contribution is -2.41. The number of hydrogen-bond acceptors (Lipinski definition) is 4. The van der Waals surface area contributed by atoms with Gasteiger partial charge in [-0.1, -0.05) is 19.3 Å². The molecule has 1 aliphatic carbocycles. The van der Waals surface area contributed by atoms with E-state index >= 15 is 0 Å². The summed E-state index contributed by atoms with van der Waals surface area (Å²) in [5.74, 6) is 1.25. The number of likely N-dealkylation sites (tertiary alicyclic amines) is 1. The highest BCUT2D eigenvalue weighted by atomic mass is 16.5. The molecule has 2 amide bonds. The number of amides is 2. The van der Waals surface area contributed by atoms with Gasteiger partial charge in [-0.15, -0.1) is 0 Å². The largest absolute Gasteiger partial charge is 0.446 e. The van der Waals surface area contributed by atoms with Crippen LogP contribution in [0.1, 0.15) is 74.9 Å². The normalized spacial score (nSPS) is 21.7. The van der Waals surface area contributed by atoms with Gasteiger partial charge in [-0.25, -0.2) is 9.78 Å². The summed E-state index contributed by atoms with van der Waals surface area (Å²) in [5, 5.41) is 0. The lowest BCUT2D eigenvalue weighted by molar-refractivity contribution is 0.141. The van der Waals surface area contributed by atoms with E-state index in [4.69, 9.17) is 14.1 Å². The summed E-state index contributed by atoms with van der Waals surface area (Å²) in [7, 11) is 3.54. The summed E-state index contributed by atoms with van der Waals surface area (Å²) in [6.45, 7) is 2.15. The van der Waals surface area contributed by atoms with Gasteiger partial charge >= 0.3 is 6.03 Å². The second-order valence-electron chi connectivity index (χ2n) is 7.35. The number of rotatable bonds is 6. The molecular weight excluding hydrogens is 318 g/mol. The van der Waals surface area contributed by atoms with Gasteiger partial charge in [0.05, 0.1) is 5.69 Å². The second-order valence-corrected chi connectivity index (χ2v) is 7.35. The van der Waals surface area contributed by atoms with Gasteiger partial charge in [-0.3, -0.25) is 0 Å². The summed E-state index contributed by atoms with van der Waals surface area (Å²) < 4.78 is 10.9. The fourth-order valence-electron chi connectivity index (χ4n) is 4.05. The van der Waals surface area contributed by atoms with Crippen molar-refractivity contribution in [3.63, 3.8) is 0 Å². The van der Waals surface area contributed by atoms with Gasteiger partial charge in [0.15, 0.2) is 0 Å². The molecule has 25 heavy (non-hydrogen) atoms. The number of carbonyl (C=O) groups is 1. The van der Waals surface area contributed by atoms with Crippen LogP contribution in [0, 0.1) is 0 Å². The first-order valence-corrected chi connectivity index (χ1v) is 9.66. The van der Waals surface area contributed by atoms with E-state index in [9.17, 15) is 4.79 Å². The summed E-state index contributed by atoms with van der Waals surface area (Å²) >= 11 is 0. The zero-order valence-electron chi connectivity index (χ0n) is 15.6. The fourth-order valence-corrected chi connectivity index (χ4v) is 4.05. The maximum Gasteiger partial charge on any atom is 0.320 e. The molecule has 1 aliphatic heterocycles. The molecule has 140 valence electrons. The minimum atomic E-state index is -0.0188. The first kappa shape index (κ1) is 18.2. The third-order valence-corrected chi connectivity index (χ3v) is 5.52. The Morgan fingerprint density at radius 2 is 2.12 bits per heavy atom. The van der Waals surface area contributed by atoms with Crippen LogP contribution in [0.4, 0.5) is 4.79 Å². The highest BCUT2D eigenvalue weighted by Gasteiger charge is 2.35. The van der Waals surface area contributed by atoms with E-state index in [0.717, 1.165) is 37.4 Å². The van der Waals surface area contributed by atoms with Crippen LogP contribution in [0.3, 0.4) is 0 Å². The molecule has 0 radical (unpaired) electrons. The van der Waals surface area contributed by atoms with Crippen molar-refractivity contribution in [2.24, 2.45) is 0 Å². The van der Waals surface area contributed by atoms with Crippen LogP contribution in [0.5, 0.6) is 0 Å². The molecule has 0 spiro atoms. The van der Waals surface area contributed by atoms with Crippen molar-refractivity contribution in [3.8, 4) is 0 Å². The number of urea groups is 1. The number of methoxy groups -OCH3 is 1. The van der Waals surface area contributed by atoms with Gasteiger partial charge in [0.2, 0.25) is 5.89 Å². The van der Waals surface area contributed by atoms with Crippen molar-refractivity contribution in [2.45, 2.75) is 63.3 Å². The van der Waals surface area contributed by atoms with Crippen molar-refractivity contribution in [3.05, 3.63) is 17.8 Å². The minimum Gasteiger partial charge on any atom is -0.446 e. The molecule has 6 nitrogen and oxygen atoms in total. The summed E-state index contributed by atoms with van der Waals surface area (Å²) in [4.78, 5) is 21.3. The predicted octanol–water partition coefficient (Wildman–Crippen LogP) is 3.95. The third kappa shape index (κ3) is 4.35. The molecule has 2 fully saturated rings. The van der Waals surface area contributed by atoms with Crippen molar-refractivity contribution in [2.75, 3.05) is 33.9 Å². The Kier molecular flexibility index (Phi) is 6.34. The highest BCUT2D eigenvalue weighted by molar-refractivity contribution is 5.74. The average Bonchev–Trinajstić information content (AvgIpc) is 3.31. The zero-order chi connectivity index (χ0) is 17.6. The minimum absolute atomic E-state index is 0.0188. The van der Waals surface area contributed by atoms with Gasteiger partial charge in [0.25, 0.3) is 0 Å². The molecule has 1 atom stereocenters. The number of aromatic nitrogens is 1. The van der Waals surface area contributed by atoms with Crippen molar-refractivity contribution in [1.29, 1.82) is 0 Å². The Balaban J connectivity index is 1.63. The topological polar surface area (TPSA) is 58.8 Å². The van der Waals surface area contributed by atoms with E-state index in [0.29, 0.717) is 19.1 Å². The fraction of sp³-hybridized carbons (Fsp3) is 0.789. The van der Waals surface area contributed by atoms with Crippen LogP contribution in [0.25, 0.3) is 0 Å². The standard InChI is InChI=1S/C19H31N3O3/c1-21(11-7-13-24-2)19(23)22-12-6-10-17(22)18-20-16(14-25-18)15-8-4-3-5-9-15/h14-15,17H,3-13H2,1-2H3. The van der Waals surface area contributed by atoms with Crippen LogP contribution in [-0.4, -0.2) is 54.7 Å². The van der Waals surface area contributed by atoms with Crippen LogP contribution < -0.4 is 0 Å². The molecular formula is C19H31N3O3. The van der Waals surface area contributed by atoms with Gasteiger partial charge < -0.3 is 19.0 Å². The Morgan fingerprint density at radius 3 is 2.88 bits per heavy atom. The summed E-state index contributed by atoms with van der Waals surface area (Å²) in [6.07, 6.45) is 10.9. The highest BCUT2D eigenvalue weighted by Crippen LogP contribution is 2.36. The first-order valence-electron chi connectivity index (χ1n) is 9.66. The Hall–Kier alpha value is -1.56. The van der Waals surface area contributed by atoms with E-state index in [-0.39, 0.29) is 12.1 Å². The number of oxazole rings is 1. The summed E-state index contributed by atoms with van der Waals surface area (Å²) in [5.41, 5.74) is 1.09. The number of carbonyl (C=O) groups excluding carboxylic acids is 1. The number of ether oxygens (including phenoxy) is 1. The van der Waals surface area contributed by atoms with Crippen molar-refractivity contribution >= 4 is 6.03 Å². The Morgan fingerprint density at radius 1 is 1.32 bits per heavy atom. The molecule has 6 heteroatoms. The number of hydrogen-bond donors (Lipinski definition) is 0. The lowest BCUT2D eigenvalue weighted by atomic mass is 9.87. The molecule has 0 N–H and O–H groups in total. The first-order chi connectivity index (χ1) is 12.2. The van der Waals surface area contributed by atoms with Gasteiger partial charge in [-0.2, -0.15) is 0 Å². The molecule has 1 unspecified atom stereocenters. The smallest absolute Gasteiger partial charge is 0.320 e. The van der Waals surface area contributed by atoms with Crippen LogP contribution in [0.2, 0.25) is 0 Å². The quantitative estimate of drug-likeness (QED) is 0.730. The van der Waals surface area contributed by atoms with E-state index in [1.54, 1.807) is 12.0 Å². The van der Waals surface area contributed by atoms with Gasteiger partial charge in [0.1, 0.15) is 12.3 Å². The number of nitrogens with zero attached hydrogens (tertiary/aromatic N) is 3. The van der Waals surface area contributed by atoms with Crippen LogP contribution >= 0.6 is 0 Å². The third-order valence-electron chi connectivity index (χ3n) is 5.52. The molecule has 0 aromatic carbocycles. The van der Waals surface area contributed by atoms with E-state index in [1.807, 2.05) is 18.2 Å². The van der Waals surface area contributed by atoms with Crippen LogP contribution in [-0.2, 0) is 4.74 Å². The van der Waals surface area contributed by atoms with E-state index in [1.165, 1.54) is 32.1 Å². The maximum atomic E-state index is 12.8. The maximum absolute atomic E-state index is 12.8. The van der Waals surface area contributed by atoms with Crippen molar-refractivity contribution < 1.29 is 13.9 Å². The predicted molar refractivity (Wildman–Crippen MR) is 95.5 cm³/mol. The zero-order valence-corrected chi connectivity index (χ0v) is 15.6. The molecule has 0 bridgehead atoms. The average molecular weight is 349 g/mol. The van der Waals surface area contributed by atoms with Crippen LogP contribution in [0.15, 0.2) is 10.7 Å². The monoisotopic (exact) mass is 349 g/mol. The molecule has 1 aromatic rings. The molecule has 3 rings (SSSR count). The molecule has 2 heterocycles. The Labute approximate surface area is 150 Å². The van der Waals surface area contributed by atoms with E-state index < -0.39 is 0 Å². The second kappa shape index (κ2) is 8.70. The molecule has 1 aromatic heterocycles. The molecule has 1 saturated carbocycles. The summed E-state index contributed by atoms with van der Waals surface area (Å²) in [6, 6.07) is 0.0470. The van der Waals surface area contributed by atoms with Gasteiger partial charge in [-0.05, 0) is 32.1 Å². The van der Waals surface area contributed by atoms with E-state index in [2.05, 4.69) is 0 Å². The molecule has 2 aliphatic rings. The Bertz CT molecular complexity index is 554. The lowest BCUT2D eigenvalue weighted by Gasteiger charge is -2.28. The van der Waals surface area contributed by atoms with Crippen molar-refractivity contribution in [1.82, 2.24) is 14.8 Å². The molecule has 1 saturated heterocycles. The van der Waals surface area contributed by atoms with Gasteiger partial charge in [0, 0.05) is 39.8 Å². The SMILES string of the molecule is COCCCN(C)C(=O)N1CCCC1c1nc(C2CCCCC2)co1.